The van der Waals surface area contributed by atoms with E-state index in [1.54, 1.807) is 48.1 Å². The molecule has 0 spiro atoms. The first-order valence-electron chi connectivity index (χ1n) is 9.34. The monoisotopic (exact) mass is 437 g/mol. The molecule has 1 aromatic heterocycles. The van der Waals surface area contributed by atoms with Gasteiger partial charge in [-0.15, -0.1) is 0 Å². The van der Waals surface area contributed by atoms with Crippen LogP contribution in [0.25, 0.3) is 0 Å². The minimum Gasteiger partial charge on any atom is -0.329 e. The molecule has 30 heavy (non-hydrogen) atoms. The highest BCUT2D eigenvalue weighted by Gasteiger charge is 2.30. The van der Waals surface area contributed by atoms with Crippen LogP contribution in [0.3, 0.4) is 0 Å². The van der Waals surface area contributed by atoms with Crippen LogP contribution in [0.5, 0.6) is 0 Å². The first-order chi connectivity index (χ1) is 14.1. The summed E-state index contributed by atoms with van der Waals surface area (Å²) in [5.41, 5.74) is 0.911. The summed E-state index contributed by atoms with van der Waals surface area (Å²) < 4.78 is 67.2. The molecule has 160 valence electrons. The number of hydrogen-bond acceptors (Lipinski definition) is 3. The van der Waals surface area contributed by atoms with E-state index < -0.39 is 21.8 Å². The zero-order chi connectivity index (χ0) is 21.9. The van der Waals surface area contributed by atoms with Crippen molar-refractivity contribution in [3.05, 3.63) is 83.4 Å². The third-order valence-corrected chi connectivity index (χ3v) is 6.70. The van der Waals surface area contributed by atoms with Crippen LogP contribution in [0.15, 0.2) is 65.8 Å². The molecule has 0 aliphatic rings. The molecule has 0 bridgehead atoms. The number of halogens is 3. The van der Waals surface area contributed by atoms with Crippen LogP contribution in [0.2, 0.25) is 0 Å². The lowest BCUT2D eigenvalue weighted by Crippen LogP contribution is -2.31. The molecule has 0 amide bonds. The third-order valence-electron chi connectivity index (χ3n) is 4.77. The highest BCUT2D eigenvalue weighted by Crippen LogP contribution is 2.29. The van der Waals surface area contributed by atoms with E-state index >= 15 is 0 Å². The molecule has 0 fully saturated rings. The van der Waals surface area contributed by atoms with Crippen LogP contribution in [0, 0.1) is 6.92 Å². The quantitative estimate of drug-likeness (QED) is 0.548. The largest absolute Gasteiger partial charge is 0.416 e. The molecular formula is C21H22F3N3O2S. The molecule has 0 radical (unpaired) electrons. The van der Waals surface area contributed by atoms with E-state index in [2.05, 4.69) is 4.98 Å². The normalized spacial score (nSPS) is 12.5. The number of sulfonamides is 1. The molecule has 1 heterocycles. The van der Waals surface area contributed by atoms with Gasteiger partial charge in [-0.25, -0.2) is 13.4 Å². The lowest BCUT2D eigenvalue weighted by molar-refractivity contribution is -0.137. The van der Waals surface area contributed by atoms with E-state index in [9.17, 15) is 21.6 Å². The van der Waals surface area contributed by atoms with Crippen molar-refractivity contribution in [2.45, 2.75) is 38.0 Å². The fraction of sp³-hybridized carbons (Fsp3) is 0.286. The number of alkyl halides is 3. The van der Waals surface area contributed by atoms with Gasteiger partial charge in [-0.1, -0.05) is 36.8 Å². The predicted molar refractivity (Wildman–Crippen MR) is 107 cm³/mol. The van der Waals surface area contributed by atoms with Crippen LogP contribution < -0.4 is 0 Å². The van der Waals surface area contributed by atoms with Gasteiger partial charge in [-0.3, -0.25) is 0 Å². The molecule has 0 saturated carbocycles. The van der Waals surface area contributed by atoms with Gasteiger partial charge in [0.05, 0.1) is 17.0 Å². The van der Waals surface area contributed by atoms with E-state index in [0.29, 0.717) is 11.4 Å². The van der Waals surface area contributed by atoms with Gasteiger partial charge in [0.2, 0.25) is 10.0 Å². The molecule has 2 aromatic carbocycles. The van der Waals surface area contributed by atoms with Crippen molar-refractivity contribution in [3.63, 3.8) is 0 Å². The molecule has 5 nitrogen and oxygen atoms in total. The maximum Gasteiger partial charge on any atom is 0.416 e. The number of hydrogen-bond donors (Lipinski definition) is 0. The van der Waals surface area contributed by atoms with Crippen LogP contribution in [-0.2, 0) is 29.3 Å². The Morgan fingerprint density at radius 2 is 1.67 bits per heavy atom. The van der Waals surface area contributed by atoms with E-state index in [4.69, 9.17) is 0 Å². The van der Waals surface area contributed by atoms with Crippen molar-refractivity contribution in [1.82, 2.24) is 13.9 Å². The Morgan fingerprint density at radius 1 is 1.03 bits per heavy atom. The molecule has 3 aromatic rings. The van der Waals surface area contributed by atoms with Gasteiger partial charge in [0.1, 0.15) is 5.82 Å². The Labute approximate surface area is 173 Å². The fourth-order valence-corrected chi connectivity index (χ4v) is 4.42. The average Bonchev–Trinajstić information content (AvgIpc) is 3.12. The first kappa shape index (κ1) is 22.0. The maximum atomic E-state index is 13.0. The lowest BCUT2D eigenvalue weighted by atomic mass is 10.1. The molecule has 0 unspecified atom stereocenters. The van der Waals surface area contributed by atoms with Gasteiger partial charge in [0.25, 0.3) is 0 Å². The Hall–Kier alpha value is -2.65. The minimum atomic E-state index is -4.38. The summed E-state index contributed by atoms with van der Waals surface area (Å²) in [5, 5.41) is 0. The summed E-state index contributed by atoms with van der Waals surface area (Å²) in [5.74, 6) is 0.507. The predicted octanol–water partition coefficient (Wildman–Crippen LogP) is 4.47. The molecule has 0 N–H and O–H groups in total. The number of benzene rings is 2. The summed E-state index contributed by atoms with van der Waals surface area (Å²) in [6, 6.07) is 11.5. The van der Waals surface area contributed by atoms with Gasteiger partial charge >= 0.3 is 6.18 Å². The maximum absolute atomic E-state index is 13.0. The average molecular weight is 437 g/mol. The van der Waals surface area contributed by atoms with Crippen molar-refractivity contribution in [3.8, 4) is 0 Å². The number of imidazole rings is 1. The summed E-state index contributed by atoms with van der Waals surface area (Å²) >= 11 is 0. The van der Waals surface area contributed by atoms with Crippen LogP contribution >= 0.6 is 0 Å². The Balaban J connectivity index is 1.79. The molecule has 0 aliphatic carbocycles. The number of aryl methyl sites for hydroxylation is 1. The number of nitrogens with zero attached hydrogens (tertiary/aromatic N) is 3. The molecular weight excluding hydrogens is 415 g/mol. The van der Waals surface area contributed by atoms with E-state index in [1.165, 1.54) is 16.4 Å². The topological polar surface area (TPSA) is 55.2 Å². The minimum absolute atomic E-state index is 0.0559. The standard InChI is InChI=1S/C21H22F3N3O2S/c1-3-27(30(28,29)19-10-4-16(2)5-11-19)15-20-25-12-13-26(20)14-17-6-8-18(9-7-17)21(22,23)24/h4-13H,3,14-15H2,1-2H3. The van der Waals surface area contributed by atoms with Gasteiger partial charge in [0.15, 0.2) is 0 Å². The Morgan fingerprint density at radius 3 is 2.23 bits per heavy atom. The molecule has 3 rings (SSSR count). The van der Waals surface area contributed by atoms with Crippen molar-refractivity contribution < 1.29 is 21.6 Å². The summed E-state index contributed by atoms with van der Waals surface area (Å²) in [6.07, 6.45) is -1.16. The van der Waals surface area contributed by atoms with Gasteiger partial charge in [-0.05, 0) is 36.8 Å². The second-order valence-corrected chi connectivity index (χ2v) is 8.85. The van der Waals surface area contributed by atoms with E-state index in [-0.39, 0.29) is 24.5 Å². The lowest BCUT2D eigenvalue weighted by Gasteiger charge is -2.21. The molecule has 0 saturated heterocycles. The van der Waals surface area contributed by atoms with Crippen molar-refractivity contribution in [2.75, 3.05) is 6.54 Å². The molecule has 9 heteroatoms. The molecule has 0 aliphatic heterocycles. The van der Waals surface area contributed by atoms with E-state index in [0.717, 1.165) is 17.7 Å². The van der Waals surface area contributed by atoms with Crippen LogP contribution in [0.4, 0.5) is 13.2 Å². The smallest absolute Gasteiger partial charge is 0.329 e. The molecule has 0 atom stereocenters. The van der Waals surface area contributed by atoms with Gasteiger partial charge in [0, 0.05) is 25.5 Å². The van der Waals surface area contributed by atoms with Crippen LogP contribution in [-0.4, -0.2) is 28.8 Å². The van der Waals surface area contributed by atoms with Crippen molar-refractivity contribution >= 4 is 10.0 Å². The SMILES string of the molecule is CCN(Cc1nccn1Cc1ccc(C(F)(F)F)cc1)S(=O)(=O)c1ccc(C)cc1. The van der Waals surface area contributed by atoms with E-state index in [1.807, 2.05) is 6.92 Å². The zero-order valence-corrected chi connectivity index (χ0v) is 17.4. The zero-order valence-electron chi connectivity index (χ0n) is 16.6. The summed E-state index contributed by atoms with van der Waals surface area (Å²) in [6.45, 7) is 4.22. The fourth-order valence-electron chi connectivity index (χ4n) is 3.02. The van der Waals surface area contributed by atoms with Crippen LogP contribution in [0.1, 0.15) is 29.4 Å². The van der Waals surface area contributed by atoms with Gasteiger partial charge < -0.3 is 4.57 Å². The Kier molecular flexibility index (Phi) is 6.33. The number of aromatic nitrogens is 2. The van der Waals surface area contributed by atoms with Crippen molar-refractivity contribution in [2.24, 2.45) is 0 Å². The summed E-state index contributed by atoms with van der Waals surface area (Å²) in [7, 11) is -3.70. The number of rotatable bonds is 7. The second kappa shape index (κ2) is 8.61. The van der Waals surface area contributed by atoms with Crippen molar-refractivity contribution in [1.29, 1.82) is 0 Å². The second-order valence-electron chi connectivity index (χ2n) is 6.91. The highest BCUT2D eigenvalue weighted by atomic mass is 32.2. The summed E-state index contributed by atoms with van der Waals surface area (Å²) in [4.78, 5) is 4.46. The Bertz CT molecular complexity index is 1090. The third kappa shape index (κ3) is 4.91. The van der Waals surface area contributed by atoms with Gasteiger partial charge in [-0.2, -0.15) is 17.5 Å². The first-order valence-corrected chi connectivity index (χ1v) is 10.8. The highest BCUT2D eigenvalue weighted by molar-refractivity contribution is 7.89.